The number of nitrogens with one attached hydrogen (secondary N) is 1. The summed E-state index contributed by atoms with van der Waals surface area (Å²) in [6.45, 7) is 4.65. The molecule has 90 valence electrons. The summed E-state index contributed by atoms with van der Waals surface area (Å²) in [5.41, 5.74) is -0.245. The van der Waals surface area contributed by atoms with E-state index >= 15 is 0 Å². The van der Waals surface area contributed by atoms with Crippen molar-refractivity contribution < 1.29 is 13.2 Å². The van der Waals surface area contributed by atoms with Crippen LogP contribution in [0.25, 0.3) is 0 Å². The highest BCUT2D eigenvalue weighted by molar-refractivity contribution is 5.46. The Kier molecular flexibility index (Phi) is 4.65. The van der Waals surface area contributed by atoms with Gasteiger partial charge in [-0.15, -0.1) is 0 Å². The summed E-state index contributed by atoms with van der Waals surface area (Å²) in [6.07, 6.45) is 1.81. The first-order chi connectivity index (χ1) is 7.50. The van der Waals surface area contributed by atoms with Gasteiger partial charge in [-0.1, -0.05) is 13.8 Å². The second kappa shape index (κ2) is 5.77. The lowest BCUT2D eigenvalue weighted by atomic mass is 10.1. The van der Waals surface area contributed by atoms with E-state index in [2.05, 4.69) is 19.2 Å². The second-order valence-electron chi connectivity index (χ2n) is 4.21. The van der Waals surface area contributed by atoms with E-state index < -0.39 is 17.5 Å². The molecule has 0 unspecified atom stereocenters. The summed E-state index contributed by atoms with van der Waals surface area (Å²) in [5.74, 6) is -2.11. The van der Waals surface area contributed by atoms with Gasteiger partial charge in [0.2, 0.25) is 0 Å². The minimum Gasteiger partial charge on any atom is -0.380 e. The highest BCUT2D eigenvalue weighted by atomic mass is 19.1. The monoisotopic (exact) mass is 231 g/mol. The number of hydrogen-bond donors (Lipinski definition) is 1. The van der Waals surface area contributed by atoms with Crippen molar-refractivity contribution in [2.75, 3.05) is 11.9 Å². The Labute approximate surface area is 93.7 Å². The molecule has 1 aromatic carbocycles. The van der Waals surface area contributed by atoms with E-state index in [-0.39, 0.29) is 5.69 Å². The first-order valence-corrected chi connectivity index (χ1v) is 5.39. The van der Waals surface area contributed by atoms with Crippen molar-refractivity contribution in [2.24, 2.45) is 5.92 Å². The van der Waals surface area contributed by atoms with Crippen molar-refractivity contribution >= 4 is 5.69 Å². The van der Waals surface area contributed by atoms with Crippen molar-refractivity contribution in [3.05, 3.63) is 29.6 Å². The smallest absolute Gasteiger partial charge is 0.152 e. The Morgan fingerprint density at radius 2 is 1.69 bits per heavy atom. The van der Waals surface area contributed by atoms with Gasteiger partial charge in [-0.25, -0.2) is 13.2 Å². The largest absolute Gasteiger partial charge is 0.380 e. The van der Waals surface area contributed by atoms with Crippen molar-refractivity contribution in [3.63, 3.8) is 0 Å². The van der Waals surface area contributed by atoms with Crippen LogP contribution < -0.4 is 5.32 Å². The molecule has 0 saturated heterocycles. The van der Waals surface area contributed by atoms with Crippen LogP contribution in [0.1, 0.15) is 26.7 Å². The van der Waals surface area contributed by atoms with Gasteiger partial charge in [0.1, 0.15) is 11.5 Å². The number of benzene rings is 1. The SMILES string of the molecule is CC(C)CCCNc1c(F)cc(F)cc1F. The summed E-state index contributed by atoms with van der Waals surface area (Å²) >= 11 is 0. The van der Waals surface area contributed by atoms with E-state index in [1.807, 2.05) is 0 Å². The van der Waals surface area contributed by atoms with Crippen molar-refractivity contribution in [1.29, 1.82) is 0 Å². The normalized spacial score (nSPS) is 10.9. The minimum atomic E-state index is -0.900. The van der Waals surface area contributed by atoms with Gasteiger partial charge >= 0.3 is 0 Å². The average molecular weight is 231 g/mol. The van der Waals surface area contributed by atoms with Gasteiger partial charge in [0.05, 0.1) is 0 Å². The number of rotatable bonds is 5. The first-order valence-electron chi connectivity index (χ1n) is 5.39. The average Bonchev–Trinajstić information content (AvgIpc) is 2.14. The summed E-state index contributed by atoms with van der Waals surface area (Å²) in [4.78, 5) is 0. The van der Waals surface area contributed by atoms with Crippen LogP contribution in [0.15, 0.2) is 12.1 Å². The highest BCUT2D eigenvalue weighted by Crippen LogP contribution is 2.20. The maximum Gasteiger partial charge on any atom is 0.152 e. The Morgan fingerprint density at radius 3 is 2.19 bits per heavy atom. The van der Waals surface area contributed by atoms with E-state index in [4.69, 9.17) is 0 Å². The van der Waals surface area contributed by atoms with Crippen LogP contribution >= 0.6 is 0 Å². The molecule has 0 amide bonds. The molecule has 1 N–H and O–H groups in total. The lowest BCUT2D eigenvalue weighted by Crippen LogP contribution is -2.07. The van der Waals surface area contributed by atoms with Gasteiger partial charge in [0, 0.05) is 18.7 Å². The lowest BCUT2D eigenvalue weighted by Gasteiger charge is -2.09. The maximum atomic E-state index is 13.2. The van der Waals surface area contributed by atoms with Gasteiger partial charge in [-0.05, 0) is 18.8 Å². The second-order valence-corrected chi connectivity index (χ2v) is 4.21. The summed E-state index contributed by atoms with van der Waals surface area (Å²) in [7, 11) is 0. The molecule has 0 saturated carbocycles. The van der Waals surface area contributed by atoms with E-state index in [1.54, 1.807) is 0 Å². The standard InChI is InChI=1S/C12H16F3N/c1-8(2)4-3-5-16-12-10(14)6-9(13)7-11(12)15/h6-8,16H,3-5H2,1-2H3. The molecule has 16 heavy (non-hydrogen) atoms. The van der Waals surface area contributed by atoms with E-state index in [0.717, 1.165) is 12.8 Å². The molecular formula is C12H16F3N. The summed E-state index contributed by atoms with van der Waals surface area (Å²) < 4.78 is 38.9. The van der Waals surface area contributed by atoms with Gasteiger partial charge < -0.3 is 5.32 Å². The van der Waals surface area contributed by atoms with Crippen molar-refractivity contribution in [1.82, 2.24) is 0 Å². The third kappa shape index (κ3) is 3.76. The van der Waals surface area contributed by atoms with Crippen LogP contribution in [0.2, 0.25) is 0 Å². The number of anilines is 1. The molecule has 0 heterocycles. The van der Waals surface area contributed by atoms with Gasteiger partial charge in [0.15, 0.2) is 11.6 Å². The van der Waals surface area contributed by atoms with E-state index in [9.17, 15) is 13.2 Å². The molecule has 0 radical (unpaired) electrons. The molecule has 0 aliphatic carbocycles. The zero-order chi connectivity index (χ0) is 12.1. The topological polar surface area (TPSA) is 12.0 Å². The van der Waals surface area contributed by atoms with Gasteiger partial charge in [-0.3, -0.25) is 0 Å². The van der Waals surface area contributed by atoms with Crippen molar-refractivity contribution in [3.8, 4) is 0 Å². The predicted molar refractivity (Wildman–Crippen MR) is 58.9 cm³/mol. The molecule has 0 aliphatic heterocycles. The molecule has 1 nitrogen and oxygen atoms in total. The fraction of sp³-hybridized carbons (Fsp3) is 0.500. The van der Waals surface area contributed by atoms with Crippen molar-refractivity contribution in [2.45, 2.75) is 26.7 Å². The quantitative estimate of drug-likeness (QED) is 0.756. The highest BCUT2D eigenvalue weighted by Gasteiger charge is 2.10. The van der Waals surface area contributed by atoms with Crippen LogP contribution in [-0.2, 0) is 0 Å². The molecular weight excluding hydrogens is 215 g/mol. The third-order valence-corrected chi connectivity index (χ3v) is 2.27. The molecule has 0 atom stereocenters. The van der Waals surface area contributed by atoms with Crippen LogP contribution in [0, 0.1) is 23.4 Å². The minimum absolute atomic E-state index is 0.245. The first kappa shape index (κ1) is 12.9. The molecule has 4 heteroatoms. The number of halogens is 3. The molecule has 1 rings (SSSR count). The summed E-state index contributed by atoms with van der Waals surface area (Å²) in [5, 5.41) is 2.65. The maximum absolute atomic E-state index is 13.2. The fourth-order valence-corrected chi connectivity index (χ4v) is 1.43. The van der Waals surface area contributed by atoms with Crippen LogP contribution in [-0.4, -0.2) is 6.54 Å². The predicted octanol–water partition coefficient (Wildman–Crippen LogP) is 3.95. The van der Waals surface area contributed by atoms with E-state index in [1.165, 1.54) is 0 Å². The van der Waals surface area contributed by atoms with Gasteiger partial charge in [-0.2, -0.15) is 0 Å². The molecule has 0 bridgehead atoms. The molecule has 0 spiro atoms. The lowest BCUT2D eigenvalue weighted by molar-refractivity contribution is 0.542. The fourth-order valence-electron chi connectivity index (χ4n) is 1.43. The van der Waals surface area contributed by atoms with Crippen LogP contribution in [0.4, 0.5) is 18.9 Å². The van der Waals surface area contributed by atoms with Gasteiger partial charge in [0.25, 0.3) is 0 Å². The molecule has 0 aromatic heterocycles. The number of hydrogen-bond acceptors (Lipinski definition) is 1. The Hall–Kier alpha value is -1.19. The Morgan fingerprint density at radius 1 is 1.12 bits per heavy atom. The van der Waals surface area contributed by atoms with Crippen LogP contribution in [0.5, 0.6) is 0 Å². The summed E-state index contributed by atoms with van der Waals surface area (Å²) in [6, 6.07) is 1.35. The zero-order valence-corrected chi connectivity index (χ0v) is 9.49. The van der Waals surface area contributed by atoms with E-state index in [0.29, 0.717) is 24.6 Å². The van der Waals surface area contributed by atoms with Crippen LogP contribution in [0.3, 0.4) is 0 Å². The Balaban J connectivity index is 2.54. The molecule has 1 aromatic rings. The molecule has 0 fully saturated rings. The Bertz CT molecular complexity index is 327. The zero-order valence-electron chi connectivity index (χ0n) is 9.49. The molecule has 0 aliphatic rings. The third-order valence-electron chi connectivity index (χ3n) is 2.27.